The molecule has 7 nitrogen and oxygen atoms in total. The number of pyridine rings is 1. The van der Waals surface area contributed by atoms with Crippen molar-refractivity contribution in [3.8, 4) is 16.9 Å². The molecular formula is C29H36F2N6O. The fraction of sp³-hybridized carbons (Fsp3) is 0.379. The Morgan fingerprint density at radius 3 is 2.29 bits per heavy atom. The summed E-state index contributed by atoms with van der Waals surface area (Å²) in [5.41, 5.74) is 6.96. The van der Waals surface area contributed by atoms with Crippen molar-refractivity contribution < 1.29 is 13.5 Å². The van der Waals surface area contributed by atoms with Crippen molar-refractivity contribution in [2.24, 2.45) is 22.7 Å². The van der Waals surface area contributed by atoms with Gasteiger partial charge in [-0.15, -0.1) is 0 Å². The number of benzene rings is 2. The first-order chi connectivity index (χ1) is 18.4. The molecule has 0 saturated carbocycles. The molecule has 1 aliphatic heterocycles. The number of ether oxygens (including phenoxy) is 1. The monoisotopic (exact) mass is 522 g/mol. The fourth-order valence-corrected chi connectivity index (χ4v) is 4.81. The van der Waals surface area contributed by atoms with Crippen molar-refractivity contribution in [1.29, 1.82) is 0 Å². The van der Waals surface area contributed by atoms with Crippen molar-refractivity contribution in [1.82, 2.24) is 10.4 Å². The number of nitrogens with zero attached hydrogens (tertiary/aromatic N) is 3. The van der Waals surface area contributed by atoms with E-state index < -0.39 is 11.6 Å². The second-order valence-electron chi connectivity index (χ2n) is 9.64. The van der Waals surface area contributed by atoms with Crippen molar-refractivity contribution in [3.63, 3.8) is 0 Å². The normalized spacial score (nSPS) is 14.6. The zero-order valence-electron chi connectivity index (χ0n) is 22.0. The van der Waals surface area contributed by atoms with Gasteiger partial charge in [-0.3, -0.25) is 0 Å². The summed E-state index contributed by atoms with van der Waals surface area (Å²) in [6, 6.07) is 12.1. The number of aryl methyl sites for hydroxylation is 2. The number of anilines is 1. The van der Waals surface area contributed by atoms with Crippen LogP contribution in [0.2, 0.25) is 0 Å². The van der Waals surface area contributed by atoms with E-state index >= 15 is 0 Å². The highest BCUT2D eigenvalue weighted by molar-refractivity contribution is 5.83. The molecule has 1 aromatic heterocycles. The number of amidine groups is 1. The Hall–Kier alpha value is -3.72. The predicted molar refractivity (Wildman–Crippen MR) is 148 cm³/mol. The summed E-state index contributed by atoms with van der Waals surface area (Å²) in [5.74, 6) is 10.6. The maximum atomic E-state index is 14.9. The van der Waals surface area contributed by atoms with Gasteiger partial charge in [-0.1, -0.05) is 44.2 Å². The van der Waals surface area contributed by atoms with Gasteiger partial charge in [0.25, 0.3) is 0 Å². The minimum atomic E-state index is -0.709. The van der Waals surface area contributed by atoms with Gasteiger partial charge in [0.15, 0.2) is 17.4 Å². The number of hydrazone groups is 1. The number of rotatable bonds is 9. The fourth-order valence-electron chi connectivity index (χ4n) is 4.81. The van der Waals surface area contributed by atoms with Gasteiger partial charge in [0.2, 0.25) is 0 Å². The maximum absolute atomic E-state index is 14.9. The Morgan fingerprint density at radius 1 is 1.03 bits per heavy atom. The Morgan fingerprint density at radius 2 is 1.71 bits per heavy atom. The van der Waals surface area contributed by atoms with Crippen LogP contribution in [0.1, 0.15) is 43.4 Å². The van der Waals surface area contributed by atoms with Gasteiger partial charge in [0.1, 0.15) is 11.7 Å². The number of hydrazine groups is 1. The van der Waals surface area contributed by atoms with Crippen LogP contribution in [0.15, 0.2) is 53.8 Å². The van der Waals surface area contributed by atoms with Crippen LogP contribution in [0.25, 0.3) is 11.1 Å². The summed E-state index contributed by atoms with van der Waals surface area (Å²) in [6.45, 7) is 6.25. The number of piperidine rings is 1. The van der Waals surface area contributed by atoms with E-state index in [1.807, 2.05) is 18.3 Å². The molecule has 5 N–H and O–H groups in total. The van der Waals surface area contributed by atoms with Crippen molar-refractivity contribution in [2.45, 2.75) is 46.0 Å². The highest BCUT2D eigenvalue weighted by Crippen LogP contribution is 2.31. The van der Waals surface area contributed by atoms with Crippen LogP contribution >= 0.6 is 0 Å². The van der Waals surface area contributed by atoms with Crippen molar-refractivity contribution >= 4 is 11.7 Å². The predicted octanol–water partition coefficient (Wildman–Crippen LogP) is 4.73. The maximum Gasteiger partial charge on any atom is 0.190 e. The summed E-state index contributed by atoms with van der Waals surface area (Å²) < 4.78 is 35.5. The molecule has 0 unspecified atom stereocenters. The topological polar surface area (TPSA) is 102 Å². The number of aromatic nitrogens is 1. The number of nitrogens with one attached hydrogen (secondary N) is 1. The first-order valence-corrected chi connectivity index (χ1v) is 13.1. The SMILES string of the molecule is CCc1cnc(N2CCC(COc3c(F)cc(-c4ccc(C/C(=N\N)NN)cc4)cc3F)CC2)c(CC)c1. The van der Waals surface area contributed by atoms with E-state index in [1.165, 1.54) is 23.3 Å². The van der Waals surface area contributed by atoms with E-state index in [0.717, 1.165) is 50.2 Å². The lowest BCUT2D eigenvalue weighted by Crippen LogP contribution is -2.36. The average Bonchev–Trinajstić information content (AvgIpc) is 2.95. The van der Waals surface area contributed by atoms with E-state index in [0.29, 0.717) is 23.4 Å². The lowest BCUT2D eigenvalue weighted by molar-refractivity contribution is 0.207. The molecule has 0 amide bonds. The van der Waals surface area contributed by atoms with Crippen LogP contribution < -0.4 is 26.7 Å². The largest absolute Gasteiger partial charge is 0.487 e. The molecule has 0 spiro atoms. The first kappa shape index (κ1) is 27.3. The highest BCUT2D eigenvalue weighted by atomic mass is 19.1. The minimum absolute atomic E-state index is 0.224. The van der Waals surface area contributed by atoms with Crippen LogP contribution in [-0.4, -0.2) is 30.5 Å². The average molecular weight is 523 g/mol. The molecule has 3 aromatic rings. The van der Waals surface area contributed by atoms with Gasteiger partial charge in [-0.2, -0.15) is 5.10 Å². The molecule has 0 bridgehead atoms. The smallest absolute Gasteiger partial charge is 0.190 e. The molecule has 202 valence electrons. The summed E-state index contributed by atoms with van der Waals surface area (Å²) in [7, 11) is 0. The molecule has 9 heteroatoms. The van der Waals surface area contributed by atoms with E-state index in [4.69, 9.17) is 21.4 Å². The summed E-state index contributed by atoms with van der Waals surface area (Å²) in [4.78, 5) is 7.03. The van der Waals surface area contributed by atoms with E-state index in [-0.39, 0.29) is 18.3 Å². The van der Waals surface area contributed by atoms with Crippen LogP contribution in [0.3, 0.4) is 0 Å². The molecule has 1 saturated heterocycles. The quantitative estimate of drug-likeness (QED) is 0.163. The highest BCUT2D eigenvalue weighted by Gasteiger charge is 2.23. The molecule has 2 heterocycles. The minimum Gasteiger partial charge on any atom is -0.487 e. The molecule has 2 aromatic carbocycles. The van der Waals surface area contributed by atoms with Gasteiger partial charge in [-0.05, 0) is 71.6 Å². The third-order valence-corrected chi connectivity index (χ3v) is 7.15. The molecule has 0 atom stereocenters. The second-order valence-corrected chi connectivity index (χ2v) is 9.64. The summed E-state index contributed by atoms with van der Waals surface area (Å²) in [5, 5.41) is 3.56. The molecular weight excluding hydrogens is 486 g/mol. The Balaban J connectivity index is 1.35. The van der Waals surface area contributed by atoms with Crippen LogP contribution in [-0.2, 0) is 19.3 Å². The first-order valence-electron chi connectivity index (χ1n) is 13.1. The van der Waals surface area contributed by atoms with Gasteiger partial charge in [-0.25, -0.2) is 19.6 Å². The number of nitrogens with two attached hydrogens (primary N) is 2. The van der Waals surface area contributed by atoms with E-state index in [2.05, 4.69) is 35.3 Å². The Bertz CT molecular complexity index is 1230. The van der Waals surface area contributed by atoms with E-state index in [1.54, 1.807) is 12.1 Å². The molecule has 0 radical (unpaired) electrons. The molecule has 1 fully saturated rings. The van der Waals surface area contributed by atoms with Gasteiger partial charge >= 0.3 is 0 Å². The second kappa shape index (κ2) is 12.7. The van der Waals surface area contributed by atoms with E-state index in [9.17, 15) is 8.78 Å². The lowest BCUT2D eigenvalue weighted by atomic mass is 9.97. The van der Waals surface area contributed by atoms with Gasteiger partial charge in [0, 0.05) is 25.7 Å². The molecule has 38 heavy (non-hydrogen) atoms. The van der Waals surface area contributed by atoms with Crippen LogP contribution in [0.4, 0.5) is 14.6 Å². The third kappa shape index (κ3) is 6.39. The third-order valence-electron chi connectivity index (χ3n) is 7.15. The zero-order chi connectivity index (χ0) is 27.1. The molecule has 1 aliphatic rings. The Kier molecular flexibility index (Phi) is 9.12. The van der Waals surface area contributed by atoms with Crippen LogP contribution in [0.5, 0.6) is 5.75 Å². The summed E-state index contributed by atoms with van der Waals surface area (Å²) in [6.07, 6.45) is 6.05. The molecule has 0 aliphatic carbocycles. The lowest BCUT2D eigenvalue weighted by Gasteiger charge is -2.34. The van der Waals surface area contributed by atoms with Crippen molar-refractivity contribution in [2.75, 3.05) is 24.6 Å². The molecule has 4 rings (SSSR count). The van der Waals surface area contributed by atoms with Crippen molar-refractivity contribution in [3.05, 3.63) is 77.0 Å². The zero-order valence-corrected chi connectivity index (χ0v) is 22.0. The number of hydrogen-bond acceptors (Lipinski definition) is 6. The number of hydrogen-bond donors (Lipinski definition) is 3. The standard InChI is InChI=1S/C29H36F2N6O/c1-3-19-13-22(4-2)29(34-17-19)37-11-9-21(10-12-37)18-38-28-25(30)15-24(16-26(28)31)23-7-5-20(6-8-23)14-27(35-32)36-33/h5-8,13,15-17,21H,3-4,9-12,14,18,32-33H2,1-2H3,(H,35,36). The number of halogens is 2. The van der Waals surface area contributed by atoms with Gasteiger partial charge < -0.3 is 20.9 Å². The van der Waals surface area contributed by atoms with Crippen LogP contribution in [0, 0.1) is 17.6 Å². The Labute approximate surface area is 222 Å². The van der Waals surface area contributed by atoms with Gasteiger partial charge in [0.05, 0.1) is 6.61 Å². The summed E-state index contributed by atoms with van der Waals surface area (Å²) >= 11 is 0.